The van der Waals surface area contributed by atoms with Crippen molar-refractivity contribution in [3.05, 3.63) is 65.7 Å². The van der Waals surface area contributed by atoms with Gasteiger partial charge in [0.15, 0.2) is 0 Å². The van der Waals surface area contributed by atoms with Gasteiger partial charge in [0.2, 0.25) is 0 Å². The van der Waals surface area contributed by atoms with Gasteiger partial charge in [-0.05, 0) is 62.0 Å². The number of fused-ring (bicyclic) bond motifs is 1. The molecule has 0 amide bonds. The first-order chi connectivity index (χ1) is 13.8. The Labute approximate surface area is 165 Å². The number of rotatable bonds is 5. The van der Waals surface area contributed by atoms with E-state index in [9.17, 15) is 4.39 Å². The molecular weight excluding hydrogens is 351 g/mol. The highest BCUT2D eigenvalue weighted by Gasteiger charge is 2.32. The molecule has 1 aromatic heterocycles. The minimum absolute atomic E-state index is 0.239. The smallest absolute Gasteiger partial charge is 0.125 e. The van der Waals surface area contributed by atoms with Crippen LogP contribution in [0.25, 0.3) is 11.0 Å². The molecule has 5 rings (SSSR count). The topological polar surface area (TPSA) is 33.1 Å². The summed E-state index contributed by atoms with van der Waals surface area (Å²) in [5.74, 6) is -0.239. The van der Waals surface area contributed by atoms with Crippen LogP contribution in [0.4, 0.5) is 4.39 Å². The molecule has 2 aromatic carbocycles. The van der Waals surface area contributed by atoms with E-state index in [4.69, 9.17) is 0 Å². The maximum absolute atomic E-state index is 13.4. The largest absolute Gasteiger partial charge is 0.326 e. The van der Waals surface area contributed by atoms with E-state index in [-0.39, 0.29) is 5.82 Å². The summed E-state index contributed by atoms with van der Waals surface area (Å²) in [4.78, 5) is 7.06. The average molecular weight is 378 g/mol. The molecule has 3 aromatic rings. The van der Waals surface area contributed by atoms with Gasteiger partial charge < -0.3 is 9.88 Å². The molecule has 0 spiro atoms. The molecule has 5 heteroatoms. The van der Waals surface area contributed by atoms with Gasteiger partial charge in [-0.15, -0.1) is 0 Å². The van der Waals surface area contributed by atoms with Crippen LogP contribution in [0, 0.1) is 5.82 Å². The summed E-state index contributed by atoms with van der Waals surface area (Å²) in [7, 11) is 0. The molecule has 0 radical (unpaired) electrons. The first-order valence-electron chi connectivity index (χ1n) is 10.4. The normalized spacial score (nSPS) is 23.0. The van der Waals surface area contributed by atoms with Crippen molar-refractivity contribution in [3.8, 4) is 0 Å². The number of benzene rings is 2. The first kappa shape index (κ1) is 17.8. The van der Waals surface area contributed by atoms with Gasteiger partial charge in [0.05, 0.1) is 17.4 Å². The van der Waals surface area contributed by atoms with Gasteiger partial charge >= 0.3 is 0 Å². The molecule has 1 N–H and O–H groups in total. The Morgan fingerprint density at radius 2 is 1.93 bits per heavy atom. The molecule has 28 heavy (non-hydrogen) atoms. The summed E-state index contributed by atoms with van der Waals surface area (Å²) in [5, 5.41) is 3.51. The Hall–Kier alpha value is -2.24. The van der Waals surface area contributed by atoms with Crippen molar-refractivity contribution in [1.29, 1.82) is 0 Å². The maximum Gasteiger partial charge on any atom is 0.125 e. The second-order valence-corrected chi connectivity index (χ2v) is 8.21. The summed E-state index contributed by atoms with van der Waals surface area (Å²) in [5.41, 5.74) is 4.34. The molecule has 0 aliphatic carbocycles. The summed E-state index contributed by atoms with van der Waals surface area (Å²) in [6.45, 7) is 4.32. The summed E-state index contributed by atoms with van der Waals surface area (Å²) < 4.78 is 15.4. The Balaban J connectivity index is 1.26. The Kier molecular flexibility index (Phi) is 4.87. The fourth-order valence-electron chi connectivity index (χ4n) is 4.89. The van der Waals surface area contributed by atoms with Crippen molar-refractivity contribution in [3.63, 3.8) is 0 Å². The van der Waals surface area contributed by atoms with Gasteiger partial charge in [-0.25, -0.2) is 9.37 Å². The molecule has 146 valence electrons. The zero-order chi connectivity index (χ0) is 18.9. The monoisotopic (exact) mass is 378 g/mol. The lowest BCUT2D eigenvalue weighted by atomic mass is 10.0. The van der Waals surface area contributed by atoms with Crippen LogP contribution in [0.15, 0.2) is 48.8 Å². The number of nitrogens with zero attached hydrogens (tertiary/aromatic N) is 3. The fraction of sp³-hybridized carbons (Fsp3) is 0.435. The Bertz CT molecular complexity index is 943. The van der Waals surface area contributed by atoms with Crippen LogP contribution >= 0.6 is 0 Å². The molecule has 3 heterocycles. The average Bonchev–Trinajstić information content (AvgIpc) is 3.44. The molecular formula is C23H27FN4. The molecule has 2 aliphatic heterocycles. The SMILES string of the molecule is Fc1ccc2c(c1)ncn2Cc1ccc(CC2CCCN2C2CCNC2)cc1. The highest BCUT2D eigenvalue weighted by atomic mass is 19.1. The van der Waals surface area contributed by atoms with E-state index in [1.807, 2.05) is 0 Å². The van der Waals surface area contributed by atoms with E-state index in [2.05, 4.69) is 44.0 Å². The molecule has 2 aliphatic rings. The van der Waals surface area contributed by atoms with Crippen LogP contribution in [-0.2, 0) is 13.0 Å². The van der Waals surface area contributed by atoms with Crippen LogP contribution in [0.5, 0.6) is 0 Å². The van der Waals surface area contributed by atoms with Gasteiger partial charge in [-0.2, -0.15) is 0 Å². The van der Waals surface area contributed by atoms with Crippen LogP contribution in [0.3, 0.4) is 0 Å². The summed E-state index contributed by atoms with van der Waals surface area (Å²) in [6.07, 6.45) is 6.87. The predicted molar refractivity (Wildman–Crippen MR) is 110 cm³/mol. The van der Waals surface area contributed by atoms with Crippen molar-refractivity contribution in [2.45, 2.75) is 44.3 Å². The van der Waals surface area contributed by atoms with E-state index in [1.54, 1.807) is 12.4 Å². The molecule has 2 saturated heterocycles. The number of imidazole rings is 1. The van der Waals surface area contributed by atoms with Crippen molar-refractivity contribution >= 4 is 11.0 Å². The molecule has 2 unspecified atom stereocenters. The number of nitrogens with one attached hydrogen (secondary N) is 1. The van der Waals surface area contributed by atoms with Gasteiger partial charge in [0.25, 0.3) is 0 Å². The van der Waals surface area contributed by atoms with Gasteiger partial charge in [0, 0.05) is 31.2 Å². The molecule has 2 atom stereocenters. The van der Waals surface area contributed by atoms with E-state index in [1.165, 1.54) is 49.1 Å². The highest BCUT2D eigenvalue weighted by Crippen LogP contribution is 2.26. The zero-order valence-electron chi connectivity index (χ0n) is 16.1. The zero-order valence-corrected chi connectivity index (χ0v) is 16.1. The van der Waals surface area contributed by atoms with E-state index >= 15 is 0 Å². The third kappa shape index (κ3) is 3.56. The Morgan fingerprint density at radius 3 is 2.75 bits per heavy atom. The van der Waals surface area contributed by atoms with Crippen molar-refractivity contribution < 1.29 is 4.39 Å². The van der Waals surface area contributed by atoms with Crippen molar-refractivity contribution in [1.82, 2.24) is 19.8 Å². The van der Waals surface area contributed by atoms with E-state index in [0.29, 0.717) is 11.6 Å². The standard InChI is InChI=1S/C23H27FN4/c24-19-7-8-23-22(13-19)26-16-27(23)15-18-5-3-17(4-6-18)12-20-2-1-11-28(20)21-9-10-25-14-21/h3-8,13,16,20-21,25H,1-2,9-12,14-15H2. The minimum Gasteiger partial charge on any atom is -0.326 e. The molecule has 0 saturated carbocycles. The van der Waals surface area contributed by atoms with Gasteiger partial charge in [0.1, 0.15) is 5.82 Å². The van der Waals surface area contributed by atoms with E-state index in [0.717, 1.165) is 37.6 Å². The van der Waals surface area contributed by atoms with Crippen molar-refractivity contribution in [2.24, 2.45) is 0 Å². The lowest BCUT2D eigenvalue weighted by molar-refractivity contribution is 0.190. The lowest BCUT2D eigenvalue weighted by Crippen LogP contribution is -2.41. The van der Waals surface area contributed by atoms with Gasteiger partial charge in [-0.3, -0.25) is 4.90 Å². The number of halogens is 1. The quantitative estimate of drug-likeness (QED) is 0.737. The van der Waals surface area contributed by atoms with Crippen LogP contribution in [0.2, 0.25) is 0 Å². The molecule has 2 fully saturated rings. The molecule has 4 nitrogen and oxygen atoms in total. The summed E-state index contributed by atoms with van der Waals surface area (Å²) in [6, 6.07) is 15.2. The molecule has 0 bridgehead atoms. The number of aromatic nitrogens is 2. The van der Waals surface area contributed by atoms with Crippen molar-refractivity contribution in [2.75, 3.05) is 19.6 Å². The van der Waals surface area contributed by atoms with Crippen LogP contribution in [0.1, 0.15) is 30.4 Å². The highest BCUT2D eigenvalue weighted by molar-refractivity contribution is 5.75. The van der Waals surface area contributed by atoms with Crippen LogP contribution in [-0.4, -0.2) is 46.2 Å². The second kappa shape index (κ2) is 7.64. The fourth-order valence-corrected chi connectivity index (χ4v) is 4.89. The second-order valence-electron chi connectivity index (χ2n) is 8.21. The number of likely N-dealkylation sites (tertiary alicyclic amines) is 1. The van der Waals surface area contributed by atoms with Crippen LogP contribution < -0.4 is 5.32 Å². The van der Waals surface area contributed by atoms with Gasteiger partial charge in [-0.1, -0.05) is 24.3 Å². The summed E-state index contributed by atoms with van der Waals surface area (Å²) >= 11 is 0. The number of hydrogen-bond acceptors (Lipinski definition) is 3. The van der Waals surface area contributed by atoms with E-state index < -0.39 is 0 Å². The third-order valence-electron chi connectivity index (χ3n) is 6.36. The predicted octanol–water partition coefficient (Wildman–Crippen LogP) is 3.59. The third-order valence-corrected chi connectivity index (χ3v) is 6.36. The lowest BCUT2D eigenvalue weighted by Gasteiger charge is -2.30. The minimum atomic E-state index is -0.239. The maximum atomic E-state index is 13.4. The first-order valence-corrected chi connectivity index (χ1v) is 10.4. The number of hydrogen-bond donors (Lipinski definition) is 1. The Morgan fingerprint density at radius 1 is 1.07 bits per heavy atom.